The molecule has 0 heterocycles. The molecule has 0 aromatic heterocycles. The van der Waals surface area contributed by atoms with Crippen LogP contribution < -0.4 is 16.0 Å². The minimum Gasteiger partial charge on any atom is -0.332 e. The number of amides is 2. The second kappa shape index (κ2) is 10.4. The number of carbonyl (C=O) groups excluding carboxylic acids is 2. The molecule has 0 bridgehead atoms. The number of hydrogen-bond donors (Lipinski definition) is 3. The molecule has 0 aliphatic carbocycles. The highest BCUT2D eigenvalue weighted by molar-refractivity contribution is 7.80. The summed E-state index contributed by atoms with van der Waals surface area (Å²) < 4.78 is 0. The standard InChI is InChI=1S/C21H25N3O2S/c1-3-4-5-6-19(25)22-17-11-13-18(14-12-17)23-21(27)24-20(26)16-9-7-15(2)8-10-16/h7-14H,3-6H2,1-2H3,(H,22,25)(H2,23,24,26,27). The highest BCUT2D eigenvalue weighted by atomic mass is 32.1. The highest BCUT2D eigenvalue weighted by Gasteiger charge is 2.08. The Balaban J connectivity index is 1.82. The average Bonchev–Trinajstić information content (AvgIpc) is 2.64. The lowest BCUT2D eigenvalue weighted by atomic mass is 10.1. The third kappa shape index (κ3) is 7.19. The zero-order valence-electron chi connectivity index (χ0n) is 15.7. The van der Waals surface area contributed by atoms with E-state index in [1.54, 1.807) is 36.4 Å². The quantitative estimate of drug-likeness (QED) is 0.481. The molecule has 3 N–H and O–H groups in total. The van der Waals surface area contributed by atoms with Crippen LogP contribution in [0, 0.1) is 6.92 Å². The average molecular weight is 384 g/mol. The van der Waals surface area contributed by atoms with E-state index in [1.807, 2.05) is 19.1 Å². The number of unbranched alkanes of at least 4 members (excludes halogenated alkanes) is 2. The summed E-state index contributed by atoms with van der Waals surface area (Å²) in [5.41, 5.74) is 3.10. The predicted molar refractivity (Wildman–Crippen MR) is 114 cm³/mol. The first kappa shape index (κ1) is 20.6. The van der Waals surface area contributed by atoms with E-state index in [-0.39, 0.29) is 16.9 Å². The van der Waals surface area contributed by atoms with Crippen molar-refractivity contribution in [2.75, 3.05) is 10.6 Å². The summed E-state index contributed by atoms with van der Waals surface area (Å²) in [6.07, 6.45) is 3.58. The molecule has 0 atom stereocenters. The van der Waals surface area contributed by atoms with Gasteiger partial charge in [-0.1, -0.05) is 37.5 Å². The van der Waals surface area contributed by atoms with Crippen LogP contribution in [-0.4, -0.2) is 16.9 Å². The zero-order chi connectivity index (χ0) is 19.6. The van der Waals surface area contributed by atoms with Crippen LogP contribution in [0.1, 0.15) is 48.5 Å². The van der Waals surface area contributed by atoms with Crippen molar-refractivity contribution >= 4 is 40.5 Å². The zero-order valence-corrected chi connectivity index (χ0v) is 16.5. The van der Waals surface area contributed by atoms with E-state index in [0.717, 1.165) is 36.2 Å². The molecule has 142 valence electrons. The maximum atomic E-state index is 12.2. The summed E-state index contributed by atoms with van der Waals surface area (Å²) in [7, 11) is 0. The fraction of sp³-hybridized carbons (Fsp3) is 0.286. The molecule has 2 aromatic rings. The summed E-state index contributed by atoms with van der Waals surface area (Å²) in [5, 5.41) is 8.70. The molecule has 0 spiro atoms. The number of carbonyl (C=O) groups is 2. The lowest BCUT2D eigenvalue weighted by Gasteiger charge is -2.11. The van der Waals surface area contributed by atoms with Gasteiger partial charge in [0.15, 0.2) is 5.11 Å². The first-order chi connectivity index (χ1) is 13.0. The molecule has 6 heteroatoms. The molecule has 5 nitrogen and oxygen atoms in total. The van der Waals surface area contributed by atoms with Crippen LogP contribution >= 0.6 is 12.2 Å². The minimum atomic E-state index is -0.261. The predicted octanol–water partition coefficient (Wildman–Crippen LogP) is 4.64. The van der Waals surface area contributed by atoms with Crippen LogP contribution in [0.5, 0.6) is 0 Å². The summed E-state index contributed by atoms with van der Waals surface area (Å²) in [6, 6.07) is 14.4. The number of thiocarbonyl (C=S) groups is 1. The van der Waals surface area contributed by atoms with Gasteiger partial charge in [0.2, 0.25) is 5.91 Å². The van der Waals surface area contributed by atoms with Crippen molar-refractivity contribution in [3.8, 4) is 0 Å². The van der Waals surface area contributed by atoms with Crippen molar-refractivity contribution in [1.82, 2.24) is 5.32 Å². The van der Waals surface area contributed by atoms with E-state index in [9.17, 15) is 9.59 Å². The van der Waals surface area contributed by atoms with E-state index in [2.05, 4.69) is 22.9 Å². The van der Waals surface area contributed by atoms with Crippen molar-refractivity contribution in [2.45, 2.75) is 39.5 Å². The summed E-state index contributed by atoms with van der Waals surface area (Å²) >= 11 is 5.19. The Morgan fingerprint density at radius 1 is 0.889 bits per heavy atom. The monoisotopic (exact) mass is 383 g/mol. The molecule has 0 aliphatic rings. The molecule has 2 aromatic carbocycles. The number of rotatable bonds is 7. The van der Waals surface area contributed by atoms with Crippen molar-refractivity contribution in [2.24, 2.45) is 0 Å². The molecule has 2 rings (SSSR count). The van der Waals surface area contributed by atoms with Crippen LogP contribution in [0.2, 0.25) is 0 Å². The highest BCUT2D eigenvalue weighted by Crippen LogP contribution is 2.14. The molecule has 0 unspecified atom stereocenters. The number of anilines is 2. The van der Waals surface area contributed by atoms with Crippen LogP contribution in [-0.2, 0) is 4.79 Å². The summed E-state index contributed by atoms with van der Waals surface area (Å²) in [4.78, 5) is 24.0. The van der Waals surface area contributed by atoms with E-state index < -0.39 is 0 Å². The van der Waals surface area contributed by atoms with Crippen LogP contribution in [0.15, 0.2) is 48.5 Å². The van der Waals surface area contributed by atoms with Gasteiger partial charge < -0.3 is 10.6 Å². The Morgan fingerprint density at radius 2 is 1.48 bits per heavy atom. The molecular formula is C21H25N3O2S. The van der Waals surface area contributed by atoms with Gasteiger partial charge in [-0.05, 0) is 62.0 Å². The van der Waals surface area contributed by atoms with E-state index >= 15 is 0 Å². The maximum absolute atomic E-state index is 12.2. The van der Waals surface area contributed by atoms with Crippen molar-refractivity contribution in [3.63, 3.8) is 0 Å². The van der Waals surface area contributed by atoms with Gasteiger partial charge in [0.1, 0.15) is 0 Å². The largest absolute Gasteiger partial charge is 0.332 e. The number of benzene rings is 2. The Bertz CT molecular complexity index is 786. The Labute approximate surface area is 165 Å². The number of nitrogens with one attached hydrogen (secondary N) is 3. The van der Waals surface area contributed by atoms with Gasteiger partial charge in [-0.2, -0.15) is 0 Å². The fourth-order valence-corrected chi connectivity index (χ4v) is 2.65. The Hall–Kier alpha value is -2.73. The molecule has 2 amide bonds. The van der Waals surface area contributed by atoms with Gasteiger partial charge in [-0.3, -0.25) is 14.9 Å². The molecule has 0 saturated carbocycles. The Morgan fingerprint density at radius 3 is 2.07 bits per heavy atom. The fourth-order valence-electron chi connectivity index (χ4n) is 2.44. The van der Waals surface area contributed by atoms with Gasteiger partial charge in [-0.15, -0.1) is 0 Å². The third-order valence-corrected chi connectivity index (χ3v) is 4.18. The summed E-state index contributed by atoms with van der Waals surface area (Å²) in [6.45, 7) is 4.07. The maximum Gasteiger partial charge on any atom is 0.257 e. The molecule has 0 fully saturated rings. The van der Waals surface area contributed by atoms with Crippen LogP contribution in [0.4, 0.5) is 11.4 Å². The molecule has 0 saturated heterocycles. The molecule has 0 aliphatic heterocycles. The smallest absolute Gasteiger partial charge is 0.257 e. The van der Waals surface area contributed by atoms with Crippen molar-refractivity contribution in [1.29, 1.82) is 0 Å². The lowest BCUT2D eigenvalue weighted by Crippen LogP contribution is -2.34. The summed E-state index contributed by atoms with van der Waals surface area (Å²) in [5.74, 6) is -0.242. The van der Waals surface area contributed by atoms with E-state index in [4.69, 9.17) is 12.2 Å². The second-order valence-corrected chi connectivity index (χ2v) is 6.77. The van der Waals surface area contributed by atoms with Crippen molar-refractivity contribution < 1.29 is 9.59 Å². The molecular weight excluding hydrogens is 358 g/mol. The third-order valence-electron chi connectivity index (χ3n) is 3.97. The lowest BCUT2D eigenvalue weighted by molar-refractivity contribution is -0.116. The SMILES string of the molecule is CCCCCC(=O)Nc1ccc(NC(=S)NC(=O)c2ccc(C)cc2)cc1. The number of aryl methyl sites for hydroxylation is 1. The van der Waals surface area contributed by atoms with Gasteiger partial charge in [-0.25, -0.2) is 0 Å². The van der Waals surface area contributed by atoms with Gasteiger partial charge in [0, 0.05) is 23.4 Å². The normalized spacial score (nSPS) is 10.1. The minimum absolute atomic E-state index is 0.0186. The topological polar surface area (TPSA) is 70.2 Å². The van der Waals surface area contributed by atoms with Crippen LogP contribution in [0.25, 0.3) is 0 Å². The van der Waals surface area contributed by atoms with E-state index in [0.29, 0.717) is 12.0 Å². The van der Waals surface area contributed by atoms with Crippen molar-refractivity contribution in [3.05, 3.63) is 59.7 Å². The molecule has 27 heavy (non-hydrogen) atoms. The molecule has 0 radical (unpaired) electrons. The Kier molecular flexibility index (Phi) is 7.95. The first-order valence-corrected chi connectivity index (χ1v) is 9.47. The second-order valence-electron chi connectivity index (χ2n) is 6.36. The first-order valence-electron chi connectivity index (χ1n) is 9.07. The van der Waals surface area contributed by atoms with Gasteiger partial charge >= 0.3 is 0 Å². The van der Waals surface area contributed by atoms with Gasteiger partial charge in [0.25, 0.3) is 5.91 Å². The van der Waals surface area contributed by atoms with E-state index in [1.165, 1.54) is 0 Å². The van der Waals surface area contributed by atoms with Gasteiger partial charge in [0.05, 0.1) is 0 Å². The number of hydrogen-bond acceptors (Lipinski definition) is 3. The van der Waals surface area contributed by atoms with Crippen LogP contribution in [0.3, 0.4) is 0 Å².